The Labute approximate surface area is 167 Å². The van der Waals surface area contributed by atoms with Crippen molar-refractivity contribution < 1.29 is 19.4 Å². The second kappa shape index (κ2) is 9.74. The number of methoxy groups -OCH3 is 1. The summed E-state index contributed by atoms with van der Waals surface area (Å²) in [6.07, 6.45) is 5.48. The summed E-state index contributed by atoms with van der Waals surface area (Å²) in [7, 11) is 1.31. The van der Waals surface area contributed by atoms with E-state index in [-0.39, 0.29) is 24.9 Å². The molecule has 0 amide bonds. The monoisotopic (exact) mass is 407 g/mol. The van der Waals surface area contributed by atoms with E-state index in [1.54, 1.807) is 0 Å². The van der Waals surface area contributed by atoms with Crippen LogP contribution in [0.4, 0.5) is 0 Å². The highest BCUT2D eigenvalue weighted by atomic mass is 32.1. The van der Waals surface area contributed by atoms with Crippen LogP contribution in [0.5, 0.6) is 0 Å². The van der Waals surface area contributed by atoms with E-state index >= 15 is 0 Å². The number of carbonyl (C=O) groups is 2. The Hall–Kier alpha value is -2.33. The molecule has 0 aliphatic heterocycles. The van der Waals surface area contributed by atoms with Gasteiger partial charge >= 0.3 is 11.9 Å². The fourth-order valence-corrected chi connectivity index (χ4v) is 4.54. The quantitative estimate of drug-likeness (QED) is 0.606. The van der Waals surface area contributed by atoms with Crippen molar-refractivity contribution >= 4 is 23.3 Å². The number of rotatable bonds is 9. The number of nitrogens with one attached hydrogen (secondary N) is 1. The van der Waals surface area contributed by atoms with Crippen LogP contribution in [0, 0.1) is 5.92 Å². The number of nitrogens with zero attached hydrogens (tertiary/aromatic N) is 4. The van der Waals surface area contributed by atoms with Gasteiger partial charge in [0.2, 0.25) is 0 Å². The molecule has 2 unspecified atom stereocenters. The molecule has 1 aliphatic carbocycles. The zero-order valence-electron chi connectivity index (χ0n) is 15.8. The van der Waals surface area contributed by atoms with Gasteiger partial charge in [-0.1, -0.05) is 25.3 Å². The number of hydrogen-bond donors (Lipinski definition) is 2. The zero-order chi connectivity index (χ0) is 19.9. The van der Waals surface area contributed by atoms with E-state index in [2.05, 4.69) is 20.8 Å². The van der Waals surface area contributed by atoms with Crippen LogP contribution < -0.4 is 5.32 Å². The molecule has 10 heteroatoms. The van der Waals surface area contributed by atoms with Gasteiger partial charge in [-0.15, -0.1) is 16.4 Å². The molecule has 3 rings (SSSR count). The van der Waals surface area contributed by atoms with Gasteiger partial charge in [-0.2, -0.15) is 0 Å². The summed E-state index contributed by atoms with van der Waals surface area (Å²) in [4.78, 5) is 24.2. The van der Waals surface area contributed by atoms with Crippen molar-refractivity contribution in [2.75, 3.05) is 7.11 Å². The molecule has 28 heavy (non-hydrogen) atoms. The van der Waals surface area contributed by atoms with Crippen molar-refractivity contribution in [3.63, 3.8) is 0 Å². The van der Waals surface area contributed by atoms with Crippen LogP contribution in [0.25, 0.3) is 0 Å². The molecule has 2 aromatic rings. The minimum Gasteiger partial charge on any atom is -0.481 e. The van der Waals surface area contributed by atoms with E-state index in [0.717, 1.165) is 30.6 Å². The lowest BCUT2D eigenvalue weighted by atomic mass is 9.82. The molecule has 2 N–H and O–H groups in total. The number of ether oxygens (including phenoxy) is 1. The van der Waals surface area contributed by atoms with E-state index in [4.69, 9.17) is 4.74 Å². The van der Waals surface area contributed by atoms with E-state index in [1.807, 2.05) is 17.5 Å². The summed E-state index contributed by atoms with van der Waals surface area (Å²) in [5.41, 5.74) is 0. The van der Waals surface area contributed by atoms with Crippen molar-refractivity contribution in [2.45, 2.75) is 57.2 Å². The Kier molecular flexibility index (Phi) is 7.10. The minimum absolute atomic E-state index is 0.0328. The van der Waals surface area contributed by atoms with E-state index in [9.17, 15) is 14.7 Å². The zero-order valence-corrected chi connectivity index (χ0v) is 16.6. The van der Waals surface area contributed by atoms with Gasteiger partial charge in [0.25, 0.3) is 0 Å². The van der Waals surface area contributed by atoms with Crippen molar-refractivity contribution in [1.82, 2.24) is 25.5 Å². The molecule has 2 atom stereocenters. The van der Waals surface area contributed by atoms with Crippen LogP contribution in [-0.4, -0.2) is 50.4 Å². The molecule has 152 valence electrons. The second-order valence-electron chi connectivity index (χ2n) is 6.99. The predicted octanol–water partition coefficient (Wildman–Crippen LogP) is 2.01. The molecule has 0 aromatic carbocycles. The summed E-state index contributed by atoms with van der Waals surface area (Å²) in [5, 5.41) is 26.7. The van der Waals surface area contributed by atoms with Gasteiger partial charge in [0.1, 0.15) is 12.6 Å². The molecular weight excluding hydrogens is 382 g/mol. The molecule has 0 spiro atoms. The molecular formula is C18H25N5O4S. The summed E-state index contributed by atoms with van der Waals surface area (Å²) in [6, 6.07) is 3.29. The number of thiophene rings is 1. The fourth-order valence-electron chi connectivity index (χ4n) is 3.76. The van der Waals surface area contributed by atoms with Crippen LogP contribution >= 0.6 is 11.3 Å². The van der Waals surface area contributed by atoms with Crippen LogP contribution in [-0.2, 0) is 20.9 Å². The van der Waals surface area contributed by atoms with Gasteiger partial charge in [-0.25, -0.2) is 4.68 Å². The first-order valence-electron chi connectivity index (χ1n) is 9.42. The molecule has 1 saturated carbocycles. The molecule has 2 heterocycles. The number of aliphatic carboxylic acids is 1. The smallest absolute Gasteiger partial charge is 0.327 e. The molecule has 0 saturated heterocycles. The van der Waals surface area contributed by atoms with Crippen LogP contribution in [0.15, 0.2) is 17.5 Å². The average Bonchev–Trinajstić information content (AvgIpc) is 3.38. The summed E-state index contributed by atoms with van der Waals surface area (Å²) < 4.78 is 6.13. The normalized spacial score (nSPS) is 17.2. The number of aromatic nitrogens is 4. The average molecular weight is 407 g/mol. The lowest BCUT2D eigenvalue weighted by molar-refractivity contribution is -0.141. The fraction of sp³-hybridized carbons (Fsp3) is 0.611. The number of tetrazole rings is 1. The SMILES string of the molecule is COC(=O)Cn1nnnc1C(NC(CC(=O)O)C1CCCCC1)c1cccs1. The third-order valence-corrected chi connectivity index (χ3v) is 6.08. The van der Waals surface area contributed by atoms with E-state index in [1.165, 1.54) is 29.5 Å². The first kappa shape index (κ1) is 20.4. The Bertz CT molecular complexity index is 773. The maximum Gasteiger partial charge on any atom is 0.327 e. The Morgan fingerprint density at radius 2 is 2.18 bits per heavy atom. The first-order chi connectivity index (χ1) is 13.6. The largest absolute Gasteiger partial charge is 0.481 e. The number of carboxylic acid groups (broad SMARTS) is 1. The maximum atomic E-state index is 11.7. The van der Waals surface area contributed by atoms with Crippen molar-refractivity contribution in [3.8, 4) is 0 Å². The highest BCUT2D eigenvalue weighted by Gasteiger charge is 2.31. The number of carbonyl (C=O) groups excluding carboxylic acids is 1. The number of hydrogen-bond acceptors (Lipinski definition) is 8. The van der Waals surface area contributed by atoms with Gasteiger partial charge in [-0.05, 0) is 40.6 Å². The number of esters is 1. The van der Waals surface area contributed by atoms with Crippen molar-refractivity contribution in [2.24, 2.45) is 5.92 Å². The third-order valence-electron chi connectivity index (χ3n) is 5.15. The lowest BCUT2D eigenvalue weighted by Gasteiger charge is -2.32. The highest BCUT2D eigenvalue weighted by molar-refractivity contribution is 7.10. The van der Waals surface area contributed by atoms with Gasteiger partial charge in [0.05, 0.1) is 13.5 Å². The second-order valence-corrected chi connectivity index (χ2v) is 7.97. The van der Waals surface area contributed by atoms with Crippen molar-refractivity contribution in [1.29, 1.82) is 0 Å². The Morgan fingerprint density at radius 3 is 2.82 bits per heavy atom. The lowest BCUT2D eigenvalue weighted by Crippen LogP contribution is -2.42. The summed E-state index contributed by atoms with van der Waals surface area (Å²) in [6.45, 7) is -0.102. The molecule has 1 aliphatic rings. The van der Waals surface area contributed by atoms with Crippen LogP contribution in [0.3, 0.4) is 0 Å². The summed E-state index contributed by atoms with van der Waals surface area (Å²) >= 11 is 1.54. The Balaban J connectivity index is 1.88. The van der Waals surface area contributed by atoms with Gasteiger partial charge in [-0.3, -0.25) is 14.9 Å². The standard InChI is InChI=1S/C18H25N5O4S/c1-27-16(26)11-23-18(20-21-22-23)17(14-8-5-9-28-14)19-13(10-15(24)25)12-6-3-2-4-7-12/h5,8-9,12-13,17,19H,2-4,6-7,10-11H2,1H3,(H,24,25). The van der Waals surface area contributed by atoms with Gasteiger partial charge in [0.15, 0.2) is 5.82 Å². The highest BCUT2D eigenvalue weighted by Crippen LogP contribution is 2.31. The van der Waals surface area contributed by atoms with Crippen LogP contribution in [0.1, 0.15) is 55.3 Å². The first-order valence-corrected chi connectivity index (χ1v) is 10.3. The maximum absolute atomic E-state index is 11.7. The topological polar surface area (TPSA) is 119 Å². The molecule has 0 radical (unpaired) electrons. The Morgan fingerprint density at radius 1 is 1.39 bits per heavy atom. The van der Waals surface area contributed by atoms with Gasteiger partial charge < -0.3 is 9.84 Å². The van der Waals surface area contributed by atoms with Gasteiger partial charge in [0, 0.05) is 10.9 Å². The molecule has 2 aromatic heterocycles. The van der Waals surface area contributed by atoms with E-state index in [0.29, 0.717) is 5.82 Å². The third kappa shape index (κ3) is 5.14. The molecule has 9 nitrogen and oxygen atoms in total. The van der Waals surface area contributed by atoms with Crippen molar-refractivity contribution in [3.05, 3.63) is 28.2 Å². The van der Waals surface area contributed by atoms with Crippen LogP contribution in [0.2, 0.25) is 0 Å². The molecule has 0 bridgehead atoms. The summed E-state index contributed by atoms with van der Waals surface area (Å²) in [5.74, 6) is -0.522. The molecule has 1 fully saturated rings. The van der Waals surface area contributed by atoms with E-state index < -0.39 is 18.0 Å². The predicted molar refractivity (Wildman–Crippen MR) is 102 cm³/mol. The minimum atomic E-state index is -0.831. The number of carboxylic acids is 1.